The maximum absolute atomic E-state index is 8.69. The Bertz CT molecular complexity index is 482. The molecule has 142 valence electrons. The summed E-state index contributed by atoms with van der Waals surface area (Å²) in [5.74, 6) is 0. The summed E-state index contributed by atoms with van der Waals surface area (Å²) in [6.45, 7) is 11.2. The largest absolute Gasteiger partial charge is 0.392 e. The van der Waals surface area contributed by atoms with Gasteiger partial charge in [0.05, 0.1) is 6.61 Å². The van der Waals surface area contributed by atoms with E-state index in [4.69, 9.17) is 5.11 Å². The van der Waals surface area contributed by atoms with Gasteiger partial charge in [0.1, 0.15) is 0 Å². The zero-order valence-corrected chi connectivity index (χ0v) is 17.3. The Kier molecular flexibility index (Phi) is 15.3. The highest BCUT2D eigenvalue weighted by molar-refractivity contribution is 5.06. The Morgan fingerprint density at radius 1 is 0.560 bits per heavy atom. The molecule has 0 aromatic heterocycles. The molecule has 1 nitrogen and oxygen atoms in total. The Balaban J connectivity index is 3.94. The predicted octanol–water partition coefficient (Wildman–Crippen LogP) is 7.46. The Morgan fingerprint density at radius 3 is 1.48 bits per heavy atom. The molecule has 0 saturated heterocycles. The second-order valence-electron chi connectivity index (χ2n) is 7.28. The third kappa shape index (κ3) is 17.3. The van der Waals surface area contributed by atoms with Crippen LogP contribution in [0.25, 0.3) is 0 Å². The number of aliphatic hydroxyl groups excluding tert-OH is 1. The van der Waals surface area contributed by atoms with E-state index in [9.17, 15) is 0 Å². The van der Waals surface area contributed by atoms with E-state index >= 15 is 0 Å². The molecule has 0 saturated carbocycles. The molecule has 0 aromatic carbocycles. The SMILES string of the molecule is CC(C)=CCC/C(C)=C/CC/C(C)=C/CC/C=C(\C)CC/C=C/CO. The molecule has 0 aliphatic rings. The standard InChI is InChI=1S/C24H40O/c1-21(2)13-11-17-24(5)19-12-18-23(4)16-9-8-15-22(3)14-7-6-10-20-25/h6,10,13,15-16,19,25H,7-9,11-12,14,17-18,20H2,1-5H3/b10-6+,22-15+,23-16+,24-19+. The molecule has 0 spiro atoms. The summed E-state index contributed by atoms with van der Waals surface area (Å²) in [6.07, 6.45) is 22.4. The van der Waals surface area contributed by atoms with Crippen molar-refractivity contribution in [3.8, 4) is 0 Å². The second-order valence-corrected chi connectivity index (χ2v) is 7.28. The molecule has 0 rings (SSSR count). The smallest absolute Gasteiger partial charge is 0.0612 e. The first-order valence-electron chi connectivity index (χ1n) is 9.81. The van der Waals surface area contributed by atoms with Crippen molar-refractivity contribution in [3.05, 3.63) is 58.7 Å². The maximum Gasteiger partial charge on any atom is 0.0612 e. The maximum atomic E-state index is 8.69. The van der Waals surface area contributed by atoms with Crippen LogP contribution in [0.15, 0.2) is 58.7 Å². The summed E-state index contributed by atoms with van der Waals surface area (Å²) < 4.78 is 0. The van der Waals surface area contributed by atoms with Crippen LogP contribution in [0.1, 0.15) is 86.0 Å². The van der Waals surface area contributed by atoms with Crippen LogP contribution in [0.3, 0.4) is 0 Å². The van der Waals surface area contributed by atoms with E-state index < -0.39 is 0 Å². The first-order valence-corrected chi connectivity index (χ1v) is 9.81. The predicted molar refractivity (Wildman–Crippen MR) is 114 cm³/mol. The zero-order valence-electron chi connectivity index (χ0n) is 17.3. The normalized spacial score (nSPS) is 13.6. The van der Waals surface area contributed by atoms with Crippen LogP contribution in [0, 0.1) is 0 Å². The van der Waals surface area contributed by atoms with Crippen molar-refractivity contribution in [2.75, 3.05) is 6.61 Å². The van der Waals surface area contributed by atoms with Crippen LogP contribution in [-0.4, -0.2) is 11.7 Å². The topological polar surface area (TPSA) is 20.2 Å². The van der Waals surface area contributed by atoms with Crippen molar-refractivity contribution in [1.29, 1.82) is 0 Å². The van der Waals surface area contributed by atoms with Crippen LogP contribution >= 0.6 is 0 Å². The summed E-state index contributed by atoms with van der Waals surface area (Å²) in [5, 5.41) is 8.69. The van der Waals surface area contributed by atoms with E-state index in [1.54, 1.807) is 0 Å². The number of allylic oxidation sites excluding steroid dienone is 9. The second kappa shape index (κ2) is 16.1. The van der Waals surface area contributed by atoms with E-state index in [-0.39, 0.29) is 6.61 Å². The molecule has 0 aliphatic carbocycles. The van der Waals surface area contributed by atoms with Gasteiger partial charge in [-0.25, -0.2) is 0 Å². The molecule has 25 heavy (non-hydrogen) atoms. The highest BCUT2D eigenvalue weighted by Gasteiger charge is 1.93. The molecule has 0 heterocycles. The Hall–Kier alpha value is -1.34. The summed E-state index contributed by atoms with van der Waals surface area (Å²) in [6, 6.07) is 0. The third-order valence-corrected chi connectivity index (χ3v) is 4.25. The Labute approximate surface area is 156 Å². The lowest BCUT2D eigenvalue weighted by Crippen LogP contribution is -1.81. The van der Waals surface area contributed by atoms with Gasteiger partial charge in [-0.2, -0.15) is 0 Å². The van der Waals surface area contributed by atoms with Crippen LogP contribution in [0.2, 0.25) is 0 Å². The summed E-state index contributed by atoms with van der Waals surface area (Å²) >= 11 is 0. The molecule has 0 fully saturated rings. The minimum Gasteiger partial charge on any atom is -0.392 e. The van der Waals surface area contributed by atoms with E-state index in [1.165, 1.54) is 41.6 Å². The molecule has 0 radical (unpaired) electrons. The average molecular weight is 345 g/mol. The number of aliphatic hydroxyl groups is 1. The van der Waals surface area contributed by atoms with Crippen LogP contribution in [0.5, 0.6) is 0 Å². The minimum atomic E-state index is 0.150. The van der Waals surface area contributed by atoms with Gasteiger partial charge in [0.15, 0.2) is 0 Å². The fourth-order valence-corrected chi connectivity index (χ4v) is 2.60. The van der Waals surface area contributed by atoms with E-state index in [1.807, 2.05) is 6.08 Å². The molecule has 0 aromatic rings. The van der Waals surface area contributed by atoms with Gasteiger partial charge >= 0.3 is 0 Å². The summed E-state index contributed by atoms with van der Waals surface area (Å²) in [7, 11) is 0. The molecular formula is C24H40O. The average Bonchev–Trinajstić information content (AvgIpc) is 2.55. The Morgan fingerprint density at radius 2 is 1.00 bits per heavy atom. The van der Waals surface area contributed by atoms with Gasteiger partial charge in [0, 0.05) is 0 Å². The molecule has 0 amide bonds. The molecule has 0 atom stereocenters. The third-order valence-electron chi connectivity index (χ3n) is 4.25. The fraction of sp³-hybridized carbons (Fsp3) is 0.583. The van der Waals surface area contributed by atoms with Crippen LogP contribution in [-0.2, 0) is 0 Å². The van der Waals surface area contributed by atoms with Crippen molar-refractivity contribution in [1.82, 2.24) is 0 Å². The molecule has 0 aliphatic heterocycles. The lowest BCUT2D eigenvalue weighted by molar-refractivity contribution is 0.342. The first kappa shape index (κ1) is 23.7. The van der Waals surface area contributed by atoms with Gasteiger partial charge in [-0.15, -0.1) is 0 Å². The van der Waals surface area contributed by atoms with Crippen molar-refractivity contribution in [2.45, 2.75) is 86.0 Å². The van der Waals surface area contributed by atoms with Gasteiger partial charge < -0.3 is 5.11 Å². The number of rotatable bonds is 13. The van der Waals surface area contributed by atoms with Crippen molar-refractivity contribution in [2.24, 2.45) is 0 Å². The molecule has 1 N–H and O–H groups in total. The number of hydrogen-bond donors (Lipinski definition) is 1. The lowest BCUT2D eigenvalue weighted by atomic mass is 10.0. The van der Waals surface area contributed by atoms with E-state index in [2.05, 4.69) is 65.0 Å². The molecule has 0 bridgehead atoms. The summed E-state index contributed by atoms with van der Waals surface area (Å²) in [4.78, 5) is 0. The van der Waals surface area contributed by atoms with Gasteiger partial charge in [0.2, 0.25) is 0 Å². The van der Waals surface area contributed by atoms with E-state index in [0.29, 0.717) is 0 Å². The monoisotopic (exact) mass is 344 g/mol. The highest BCUT2D eigenvalue weighted by atomic mass is 16.2. The van der Waals surface area contributed by atoms with Gasteiger partial charge in [-0.05, 0) is 86.0 Å². The van der Waals surface area contributed by atoms with Crippen LogP contribution < -0.4 is 0 Å². The minimum absolute atomic E-state index is 0.150. The number of unbranched alkanes of at least 4 members (excludes halogenated alkanes) is 1. The van der Waals surface area contributed by atoms with Crippen molar-refractivity contribution >= 4 is 0 Å². The van der Waals surface area contributed by atoms with Gasteiger partial charge in [-0.3, -0.25) is 0 Å². The number of hydrogen-bond acceptors (Lipinski definition) is 1. The first-order chi connectivity index (χ1) is 12.0. The summed E-state index contributed by atoms with van der Waals surface area (Å²) in [5.41, 5.74) is 5.88. The zero-order chi connectivity index (χ0) is 18.9. The molecule has 1 heteroatoms. The quantitative estimate of drug-likeness (QED) is 0.271. The van der Waals surface area contributed by atoms with Crippen LogP contribution in [0.4, 0.5) is 0 Å². The van der Waals surface area contributed by atoms with E-state index in [0.717, 1.165) is 32.1 Å². The van der Waals surface area contributed by atoms with Crippen molar-refractivity contribution in [3.63, 3.8) is 0 Å². The van der Waals surface area contributed by atoms with Crippen molar-refractivity contribution < 1.29 is 5.11 Å². The fourth-order valence-electron chi connectivity index (χ4n) is 2.60. The molecular weight excluding hydrogens is 304 g/mol. The highest BCUT2D eigenvalue weighted by Crippen LogP contribution is 2.13. The van der Waals surface area contributed by atoms with Gasteiger partial charge in [0.25, 0.3) is 0 Å². The molecule has 0 unspecified atom stereocenters. The van der Waals surface area contributed by atoms with Gasteiger partial charge in [-0.1, -0.05) is 58.7 Å². The lowest BCUT2D eigenvalue weighted by Gasteiger charge is -2.02.